The van der Waals surface area contributed by atoms with Crippen LogP contribution < -0.4 is 0 Å². The van der Waals surface area contributed by atoms with E-state index in [-0.39, 0.29) is 17.2 Å². The van der Waals surface area contributed by atoms with Gasteiger partial charge in [-0.15, -0.1) is 0 Å². The number of carbonyl (C=O) groups is 1. The first kappa shape index (κ1) is 13.2. The monoisotopic (exact) mass is 283 g/mol. The van der Waals surface area contributed by atoms with E-state index in [2.05, 4.69) is 15.1 Å². The highest BCUT2D eigenvalue weighted by Gasteiger charge is 2.21. The van der Waals surface area contributed by atoms with Crippen molar-refractivity contribution >= 4 is 17.1 Å². The minimum absolute atomic E-state index is 0.0536. The number of fused-ring (bicyclic) bond motifs is 1. The minimum Gasteiger partial charge on any atom is -0.478 e. The Labute approximate surface area is 120 Å². The van der Waals surface area contributed by atoms with Gasteiger partial charge >= 0.3 is 5.97 Å². The molecule has 0 aromatic carbocycles. The van der Waals surface area contributed by atoms with E-state index in [1.54, 1.807) is 30.6 Å². The molecular formula is C15H13N3O3. The Morgan fingerprint density at radius 1 is 1.29 bits per heavy atom. The van der Waals surface area contributed by atoms with Crippen LogP contribution in [-0.2, 0) is 0 Å². The lowest BCUT2D eigenvalue weighted by molar-refractivity contribution is 0.0699. The molecule has 0 aliphatic rings. The van der Waals surface area contributed by atoms with Gasteiger partial charge in [0.15, 0.2) is 0 Å². The number of pyridine rings is 2. The summed E-state index contributed by atoms with van der Waals surface area (Å²) in [7, 11) is 0. The van der Waals surface area contributed by atoms with Gasteiger partial charge in [0, 0.05) is 18.0 Å². The van der Waals surface area contributed by atoms with Crippen molar-refractivity contribution in [3.8, 4) is 11.3 Å². The molecule has 0 spiro atoms. The molecule has 0 aliphatic carbocycles. The highest BCUT2D eigenvalue weighted by Crippen LogP contribution is 2.30. The van der Waals surface area contributed by atoms with Gasteiger partial charge in [0.1, 0.15) is 0 Å². The highest BCUT2D eigenvalue weighted by atomic mass is 16.5. The fourth-order valence-corrected chi connectivity index (χ4v) is 2.21. The first-order chi connectivity index (χ1) is 10.1. The molecule has 6 heteroatoms. The number of aromatic carboxylic acids is 1. The van der Waals surface area contributed by atoms with E-state index in [4.69, 9.17) is 4.52 Å². The van der Waals surface area contributed by atoms with Gasteiger partial charge < -0.3 is 9.63 Å². The second-order valence-electron chi connectivity index (χ2n) is 5.00. The van der Waals surface area contributed by atoms with E-state index in [1.807, 2.05) is 13.8 Å². The molecule has 0 radical (unpaired) electrons. The van der Waals surface area contributed by atoms with Crippen LogP contribution in [0.2, 0.25) is 0 Å². The average molecular weight is 283 g/mol. The van der Waals surface area contributed by atoms with Gasteiger partial charge in [-0.2, -0.15) is 0 Å². The molecule has 0 unspecified atom stereocenters. The summed E-state index contributed by atoms with van der Waals surface area (Å²) in [5.41, 5.74) is 2.30. The van der Waals surface area contributed by atoms with Crippen molar-refractivity contribution < 1.29 is 14.4 Å². The Morgan fingerprint density at radius 3 is 2.62 bits per heavy atom. The van der Waals surface area contributed by atoms with Crippen molar-refractivity contribution in [2.45, 2.75) is 19.8 Å². The molecule has 6 nitrogen and oxygen atoms in total. The fraction of sp³-hybridized carbons (Fsp3) is 0.200. The molecule has 0 atom stereocenters. The zero-order valence-electron chi connectivity index (χ0n) is 11.6. The van der Waals surface area contributed by atoms with Crippen LogP contribution in [0.25, 0.3) is 22.4 Å². The van der Waals surface area contributed by atoms with Gasteiger partial charge in [0.25, 0.3) is 5.71 Å². The van der Waals surface area contributed by atoms with Crippen LogP contribution in [0.5, 0.6) is 0 Å². The zero-order chi connectivity index (χ0) is 15.0. The van der Waals surface area contributed by atoms with E-state index >= 15 is 0 Å². The van der Waals surface area contributed by atoms with Gasteiger partial charge in [0.2, 0.25) is 0 Å². The minimum atomic E-state index is -1.03. The summed E-state index contributed by atoms with van der Waals surface area (Å²) >= 11 is 0. The van der Waals surface area contributed by atoms with E-state index in [0.717, 1.165) is 5.56 Å². The molecule has 3 aromatic heterocycles. The van der Waals surface area contributed by atoms with Crippen LogP contribution in [0.3, 0.4) is 0 Å². The molecule has 106 valence electrons. The molecule has 0 saturated heterocycles. The van der Waals surface area contributed by atoms with Gasteiger partial charge in [-0.05, 0) is 24.1 Å². The Hall–Kier alpha value is -2.76. The summed E-state index contributed by atoms with van der Waals surface area (Å²) in [5.74, 6) is -0.972. The largest absolute Gasteiger partial charge is 0.478 e. The van der Waals surface area contributed by atoms with Crippen LogP contribution >= 0.6 is 0 Å². The number of carboxylic acid groups (broad SMARTS) is 1. The number of carboxylic acids is 1. The first-order valence-electron chi connectivity index (χ1n) is 6.52. The number of aromatic nitrogens is 3. The van der Waals surface area contributed by atoms with Crippen LogP contribution in [0.1, 0.15) is 35.8 Å². The summed E-state index contributed by atoms with van der Waals surface area (Å²) in [4.78, 5) is 19.9. The van der Waals surface area contributed by atoms with Gasteiger partial charge in [-0.1, -0.05) is 19.0 Å². The third-order valence-electron chi connectivity index (χ3n) is 3.23. The predicted molar refractivity (Wildman–Crippen MR) is 76.1 cm³/mol. The first-order valence-corrected chi connectivity index (χ1v) is 6.52. The standard InChI is InChI=1S/C15H13N3O3/c1-8(2)13-12-10(15(19)20)7-11(17-14(12)21-18-13)9-3-5-16-6-4-9/h3-8H,1-2H3,(H,19,20). The topological polar surface area (TPSA) is 89.1 Å². The normalized spacial score (nSPS) is 11.2. The third kappa shape index (κ3) is 2.24. The second kappa shape index (κ2) is 4.97. The molecule has 0 fully saturated rings. The third-order valence-corrected chi connectivity index (χ3v) is 3.23. The van der Waals surface area contributed by atoms with Crippen molar-refractivity contribution in [3.05, 3.63) is 41.9 Å². The SMILES string of the molecule is CC(C)c1noc2nc(-c3ccncc3)cc(C(=O)O)c12. The van der Waals surface area contributed by atoms with Crippen molar-refractivity contribution in [3.63, 3.8) is 0 Å². The van der Waals surface area contributed by atoms with E-state index in [0.29, 0.717) is 16.8 Å². The number of hydrogen-bond donors (Lipinski definition) is 1. The Bertz CT molecular complexity index is 810. The van der Waals surface area contributed by atoms with E-state index < -0.39 is 5.97 Å². The van der Waals surface area contributed by atoms with E-state index in [9.17, 15) is 9.90 Å². The maximum absolute atomic E-state index is 11.6. The zero-order valence-corrected chi connectivity index (χ0v) is 11.6. The molecule has 0 bridgehead atoms. The smallest absolute Gasteiger partial charge is 0.336 e. The van der Waals surface area contributed by atoms with Crippen LogP contribution in [-0.4, -0.2) is 26.2 Å². The molecule has 1 N–H and O–H groups in total. The van der Waals surface area contributed by atoms with Crippen LogP contribution in [0.15, 0.2) is 35.1 Å². The van der Waals surface area contributed by atoms with Gasteiger partial charge in [-0.25, -0.2) is 9.78 Å². The number of hydrogen-bond acceptors (Lipinski definition) is 5. The predicted octanol–water partition coefficient (Wildman–Crippen LogP) is 3.11. The summed E-state index contributed by atoms with van der Waals surface area (Å²) in [6, 6.07) is 5.07. The number of rotatable bonds is 3. The van der Waals surface area contributed by atoms with Crippen molar-refractivity contribution in [1.29, 1.82) is 0 Å². The van der Waals surface area contributed by atoms with Crippen molar-refractivity contribution in [2.75, 3.05) is 0 Å². The summed E-state index contributed by atoms with van der Waals surface area (Å²) in [6.07, 6.45) is 3.25. The number of nitrogens with zero attached hydrogens (tertiary/aromatic N) is 3. The lowest BCUT2D eigenvalue weighted by Crippen LogP contribution is -2.01. The Morgan fingerprint density at radius 2 is 2.00 bits per heavy atom. The molecular weight excluding hydrogens is 270 g/mol. The molecule has 3 heterocycles. The maximum Gasteiger partial charge on any atom is 0.336 e. The van der Waals surface area contributed by atoms with Crippen LogP contribution in [0.4, 0.5) is 0 Å². The molecule has 21 heavy (non-hydrogen) atoms. The van der Waals surface area contributed by atoms with E-state index in [1.165, 1.54) is 0 Å². The van der Waals surface area contributed by atoms with Crippen LogP contribution in [0, 0.1) is 0 Å². The van der Waals surface area contributed by atoms with Crippen molar-refractivity contribution in [2.24, 2.45) is 0 Å². The van der Waals surface area contributed by atoms with Crippen molar-refractivity contribution in [1.82, 2.24) is 15.1 Å². The summed E-state index contributed by atoms with van der Waals surface area (Å²) in [5, 5.41) is 13.9. The highest BCUT2D eigenvalue weighted by molar-refractivity contribution is 6.03. The average Bonchev–Trinajstić information content (AvgIpc) is 2.91. The lowest BCUT2D eigenvalue weighted by atomic mass is 10.0. The Balaban J connectivity index is 2.30. The molecule has 3 rings (SSSR count). The summed E-state index contributed by atoms with van der Waals surface area (Å²) < 4.78 is 5.22. The molecule has 0 saturated carbocycles. The molecule has 0 amide bonds. The summed E-state index contributed by atoms with van der Waals surface area (Å²) in [6.45, 7) is 3.86. The fourth-order valence-electron chi connectivity index (χ4n) is 2.21. The lowest BCUT2D eigenvalue weighted by Gasteiger charge is -2.05. The quantitative estimate of drug-likeness (QED) is 0.794. The van der Waals surface area contributed by atoms with Gasteiger partial charge in [-0.3, -0.25) is 4.98 Å². The Kier molecular flexibility index (Phi) is 3.13. The maximum atomic E-state index is 11.6. The van der Waals surface area contributed by atoms with Gasteiger partial charge in [0.05, 0.1) is 22.3 Å². The molecule has 3 aromatic rings. The molecule has 0 aliphatic heterocycles. The second-order valence-corrected chi connectivity index (χ2v) is 5.00.